The first kappa shape index (κ1) is 22.9. The summed E-state index contributed by atoms with van der Waals surface area (Å²) in [7, 11) is 0. The summed E-state index contributed by atoms with van der Waals surface area (Å²) in [4.78, 5) is 16.4. The summed E-state index contributed by atoms with van der Waals surface area (Å²) in [5, 5.41) is 8.64. The van der Waals surface area contributed by atoms with E-state index in [0.717, 1.165) is 16.9 Å². The molecule has 0 radical (unpaired) electrons. The Morgan fingerprint density at radius 2 is 1.79 bits per heavy atom. The van der Waals surface area contributed by atoms with Crippen LogP contribution in [0.3, 0.4) is 0 Å². The molecular formula is C23H27FN6O2S. The van der Waals surface area contributed by atoms with E-state index in [1.165, 1.54) is 22.5 Å². The van der Waals surface area contributed by atoms with Gasteiger partial charge in [-0.2, -0.15) is 0 Å². The van der Waals surface area contributed by atoms with E-state index < -0.39 is 0 Å². The zero-order valence-electron chi connectivity index (χ0n) is 18.7. The van der Waals surface area contributed by atoms with E-state index in [9.17, 15) is 9.18 Å². The lowest BCUT2D eigenvalue weighted by Gasteiger charge is -2.36. The molecule has 1 aliphatic rings. The molecule has 4 rings (SSSR count). The lowest BCUT2D eigenvalue weighted by Crippen LogP contribution is -2.49. The molecule has 0 saturated carbocycles. The highest BCUT2D eigenvalue weighted by atomic mass is 32.2. The molecule has 2 N–H and O–H groups in total. The highest BCUT2D eigenvalue weighted by molar-refractivity contribution is 7.99. The third-order valence-corrected chi connectivity index (χ3v) is 6.38. The Kier molecular flexibility index (Phi) is 7.02. The van der Waals surface area contributed by atoms with E-state index in [1.807, 2.05) is 36.9 Å². The van der Waals surface area contributed by atoms with Crippen LogP contribution in [0, 0.1) is 19.7 Å². The van der Waals surface area contributed by atoms with Gasteiger partial charge in [0.15, 0.2) is 5.82 Å². The molecular weight excluding hydrogens is 443 g/mol. The summed E-state index contributed by atoms with van der Waals surface area (Å²) in [6, 6.07) is 12.7. The van der Waals surface area contributed by atoms with E-state index >= 15 is 0 Å². The monoisotopic (exact) mass is 470 g/mol. The fraction of sp³-hybridized carbons (Fsp3) is 0.348. The van der Waals surface area contributed by atoms with E-state index in [0.29, 0.717) is 42.8 Å². The number of anilines is 1. The number of carbonyl (C=O) groups is 1. The first-order valence-corrected chi connectivity index (χ1v) is 11.7. The average Bonchev–Trinajstić information content (AvgIpc) is 3.15. The van der Waals surface area contributed by atoms with Gasteiger partial charge in [-0.1, -0.05) is 30.0 Å². The number of benzene rings is 2. The predicted octanol–water partition coefficient (Wildman–Crippen LogP) is 2.77. The number of carbonyl (C=O) groups excluding carboxylic acids is 1. The molecule has 2 aromatic carbocycles. The van der Waals surface area contributed by atoms with Crippen molar-refractivity contribution < 1.29 is 13.9 Å². The summed E-state index contributed by atoms with van der Waals surface area (Å²) in [5.41, 5.74) is 2.80. The van der Waals surface area contributed by atoms with Crippen molar-refractivity contribution in [2.45, 2.75) is 25.6 Å². The molecule has 1 saturated heterocycles. The van der Waals surface area contributed by atoms with Crippen LogP contribution in [0.2, 0.25) is 0 Å². The minimum Gasteiger partial charge on any atom is -0.486 e. The maximum atomic E-state index is 14.0. The van der Waals surface area contributed by atoms with Gasteiger partial charge >= 0.3 is 0 Å². The minimum atomic E-state index is -0.243. The van der Waals surface area contributed by atoms with Gasteiger partial charge in [0.1, 0.15) is 18.2 Å². The topological polar surface area (TPSA) is 89.5 Å². The Balaban J connectivity index is 1.27. The maximum absolute atomic E-state index is 14.0. The van der Waals surface area contributed by atoms with Crippen LogP contribution < -0.4 is 15.5 Å². The van der Waals surface area contributed by atoms with Gasteiger partial charge < -0.3 is 20.4 Å². The summed E-state index contributed by atoms with van der Waals surface area (Å²) in [6.07, 6.45) is 0. The molecule has 2 heterocycles. The van der Waals surface area contributed by atoms with Crippen molar-refractivity contribution in [3.8, 4) is 5.75 Å². The number of aryl methyl sites for hydroxylation is 2. The lowest BCUT2D eigenvalue weighted by molar-refractivity contribution is -0.128. The van der Waals surface area contributed by atoms with Crippen LogP contribution >= 0.6 is 11.8 Å². The molecule has 0 bridgehead atoms. The number of thioether (sulfide) groups is 1. The molecule has 0 spiro atoms. The van der Waals surface area contributed by atoms with Crippen molar-refractivity contribution in [2.75, 3.05) is 42.7 Å². The van der Waals surface area contributed by atoms with Crippen LogP contribution in [0.5, 0.6) is 5.75 Å². The molecule has 3 aromatic rings. The zero-order valence-corrected chi connectivity index (χ0v) is 19.5. The van der Waals surface area contributed by atoms with E-state index in [2.05, 4.69) is 16.3 Å². The van der Waals surface area contributed by atoms with Crippen molar-refractivity contribution in [3.05, 3.63) is 65.2 Å². The normalized spacial score (nSPS) is 13.9. The van der Waals surface area contributed by atoms with E-state index in [-0.39, 0.29) is 24.1 Å². The van der Waals surface area contributed by atoms with Crippen LogP contribution in [-0.4, -0.2) is 57.6 Å². The van der Waals surface area contributed by atoms with Crippen LogP contribution in [0.4, 0.5) is 10.1 Å². The van der Waals surface area contributed by atoms with Crippen LogP contribution in [-0.2, 0) is 11.4 Å². The van der Waals surface area contributed by atoms with E-state index in [4.69, 9.17) is 10.6 Å². The molecule has 0 atom stereocenters. The van der Waals surface area contributed by atoms with Gasteiger partial charge in [-0.25, -0.2) is 9.07 Å². The average molecular weight is 471 g/mol. The number of nitrogens with two attached hydrogens (primary N) is 1. The summed E-state index contributed by atoms with van der Waals surface area (Å²) < 4.78 is 21.2. The van der Waals surface area contributed by atoms with Gasteiger partial charge in [0.25, 0.3) is 0 Å². The van der Waals surface area contributed by atoms with Crippen LogP contribution in [0.15, 0.2) is 47.6 Å². The van der Waals surface area contributed by atoms with Gasteiger partial charge in [-0.15, -0.1) is 10.2 Å². The Morgan fingerprint density at radius 3 is 2.48 bits per heavy atom. The molecule has 1 aromatic heterocycles. The number of para-hydroxylation sites is 1. The van der Waals surface area contributed by atoms with Gasteiger partial charge in [0, 0.05) is 26.2 Å². The number of aromatic nitrogens is 3. The fourth-order valence-corrected chi connectivity index (χ4v) is 4.57. The highest BCUT2D eigenvalue weighted by Crippen LogP contribution is 2.22. The number of nitrogens with zero attached hydrogens (tertiary/aromatic N) is 5. The molecule has 1 amide bonds. The molecule has 10 heteroatoms. The second kappa shape index (κ2) is 10.1. The molecule has 0 unspecified atom stereocenters. The van der Waals surface area contributed by atoms with Gasteiger partial charge in [-0.3, -0.25) is 4.79 Å². The standard InChI is InChI=1S/C23H27FN6O2S/c1-16-11-17(2)13-18(12-16)32-14-21-26-27-23(30(21)25)33-15-22(31)29-9-7-28(8-10-29)20-6-4-3-5-19(20)24/h3-6,11-13H,7-10,14-15,25H2,1-2H3. The molecule has 174 valence electrons. The zero-order chi connectivity index (χ0) is 23.4. The maximum Gasteiger partial charge on any atom is 0.233 e. The Hall–Kier alpha value is -3.27. The second-order valence-electron chi connectivity index (χ2n) is 7.99. The quantitative estimate of drug-likeness (QED) is 0.420. The number of piperazine rings is 1. The van der Waals surface area contributed by atoms with E-state index in [1.54, 1.807) is 17.0 Å². The van der Waals surface area contributed by atoms with Crippen molar-refractivity contribution in [3.63, 3.8) is 0 Å². The first-order valence-electron chi connectivity index (χ1n) is 10.7. The van der Waals surface area contributed by atoms with Crippen molar-refractivity contribution in [1.82, 2.24) is 19.8 Å². The minimum absolute atomic E-state index is 0.00998. The smallest absolute Gasteiger partial charge is 0.233 e. The number of hydrogen-bond acceptors (Lipinski definition) is 7. The third kappa shape index (κ3) is 5.57. The van der Waals surface area contributed by atoms with Gasteiger partial charge in [0.2, 0.25) is 11.1 Å². The van der Waals surface area contributed by atoms with Crippen molar-refractivity contribution in [2.24, 2.45) is 0 Å². The number of rotatable bonds is 7. The fourth-order valence-electron chi connectivity index (χ4n) is 3.79. The number of amides is 1. The van der Waals surface area contributed by atoms with Crippen LogP contribution in [0.25, 0.3) is 0 Å². The predicted molar refractivity (Wildman–Crippen MR) is 126 cm³/mol. The Bertz CT molecular complexity index is 1110. The Labute approximate surface area is 196 Å². The molecule has 1 aliphatic heterocycles. The lowest BCUT2D eigenvalue weighted by atomic mass is 10.1. The molecule has 33 heavy (non-hydrogen) atoms. The molecule has 0 aliphatic carbocycles. The van der Waals surface area contributed by atoms with Crippen LogP contribution in [0.1, 0.15) is 17.0 Å². The Morgan fingerprint density at radius 1 is 1.09 bits per heavy atom. The first-order chi connectivity index (χ1) is 15.9. The second-order valence-corrected chi connectivity index (χ2v) is 8.93. The number of halogens is 1. The third-order valence-electron chi connectivity index (χ3n) is 5.45. The van der Waals surface area contributed by atoms with Gasteiger partial charge in [0.05, 0.1) is 11.4 Å². The number of nitrogen functional groups attached to an aromatic ring is 1. The molecule has 8 nitrogen and oxygen atoms in total. The largest absolute Gasteiger partial charge is 0.486 e. The number of ether oxygens (including phenoxy) is 1. The van der Waals surface area contributed by atoms with Gasteiger partial charge in [-0.05, 0) is 49.2 Å². The summed E-state index contributed by atoms with van der Waals surface area (Å²) >= 11 is 1.24. The SMILES string of the molecule is Cc1cc(C)cc(OCc2nnc(SCC(=O)N3CCN(c4ccccc4F)CC3)n2N)c1. The van der Waals surface area contributed by atoms with Crippen molar-refractivity contribution in [1.29, 1.82) is 0 Å². The number of hydrogen-bond donors (Lipinski definition) is 1. The summed E-state index contributed by atoms with van der Waals surface area (Å²) in [5.74, 6) is 7.28. The summed E-state index contributed by atoms with van der Waals surface area (Å²) in [6.45, 7) is 6.46. The highest BCUT2D eigenvalue weighted by Gasteiger charge is 2.23. The molecule has 1 fully saturated rings. The van der Waals surface area contributed by atoms with Crippen molar-refractivity contribution >= 4 is 23.4 Å².